The van der Waals surface area contributed by atoms with Gasteiger partial charge in [0, 0.05) is 0 Å². The van der Waals surface area contributed by atoms with Crippen LogP contribution in [0.15, 0.2) is 12.7 Å². The normalized spacial score (nSPS) is 11.9. The monoisotopic (exact) mass is 324 g/mol. The quantitative estimate of drug-likeness (QED) is 0.328. The van der Waals surface area contributed by atoms with Crippen molar-refractivity contribution in [1.29, 1.82) is 0 Å². The number of halogens is 1. The van der Waals surface area contributed by atoms with Gasteiger partial charge < -0.3 is 0 Å². The Morgan fingerprint density at radius 3 is 1.41 bits per heavy atom. The molecule has 0 aromatic carbocycles. The summed E-state index contributed by atoms with van der Waals surface area (Å²) in [6.07, 6.45) is 16.7. The van der Waals surface area contributed by atoms with Crippen LogP contribution in [0.3, 0.4) is 0 Å². The van der Waals surface area contributed by atoms with Gasteiger partial charge in [-0.2, -0.15) is 0 Å². The summed E-state index contributed by atoms with van der Waals surface area (Å²) in [6, 6.07) is 0. The summed E-state index contributed by atoms with van der Waals surface area (Å²) >= 11 is 0. The van der Waals surface area contributed by atoms with Gasteiger partial charge in [-0.05, 0) is 0 Å². The first-order chi connectivity index (χ1) is 7.74. The summed E-state index contributed by atoms with van der Waals surface area (Å²) in [5.41, 5.74) is 0. The Morgan fingerprint density at radius 2 is 1.18 bits per heavy atom. The van der Waals surface area contributed by atoms with E-state index in [0.717, 1.165) is 0 Å². The SMILES string of the molecule is Br.C=CC[PH](CCCC)(CCCC)CCCC. The van der Waals surface area contributed by atoms with Gasteiger partial charge in [0.05, 0.1) is 0 Å². The van der Waals surface area contributed by atoms with Gasteiger partial charge in [0.1, 0.15) is 0 Å². The van der Waals surface area contributed by atoms with Crippen LogP contribution in [0.25, 0.3) is 0 Å². The van der Waals surface area contributed by atoms with Crippen molar-refractivity contribution < 1.29 is 0 Å². The molecule has 0 nitrogen and oxygen atoms in total. The maximum absolute atomic E-state index is 4.00. The third-order valence-corrected chi connectivity index (χ3v) is 9.16. The van der Waals surface area contributed by atoms with E-state index in [1.54, 1.807) is 18.5 Å². The van der Waals surface area contributed by atoms with Gasteiger partial charge in [-0.15, -0.1) is 17.0 Å². The van der Waals surface area contributed by atoms with E-state index in [0.29, 0.717) is 0 Å². The molecule has 0 aromatic heterocycles. The molecule has 0 saturated heterocycles. The molecule has 0 aliphatic rings. The van der Waals surface area contributed by atoms with Crippen LogP contribution in [0.5, 0.6) is 0 Å². The summed E-state index contributed by atoms with van der Waals surface area (Å²) in [5, 5.41) is 0. The van der Waals surface area contributed by atoms with Crippen LogP contribution in [-0.4, -0.2) is 24.6 Å². The summed E-state index contributed by atoms with van der Waals surface area (Å²) in [4.78, 5) is 0. The van der Waals surface area contributed by atoms with E-state index in [9.17, 15) is 0 Å². The predicted octanol–water partition coefficient (Wildman–Crippen LogP) is 5.90. The molecule has 0 saturated carbocycles. The van der Waals surface area contributed by atoms with Crippen molar-refractivity contribution in [3.8, 4) is 0 Å². The zero-order chi connectivity index (χ0) is 12.3. The second-order valence-corrected chi connectivity index (χ2v) is 10.2. The molecule has 0 rings (SSSR count). The molecule has 106 valence electrons. The maximum atomic E-state index is 4.00. The van der Waals surface area contributed by atoms with Crippen LogP contribution < -0.4 is 0 Å². The van der Waals surface area contributed by atoms with Crippen LogP contribution >= 0.6 is 24.2 Å². The van der Waals surface area contributed by atoms with Crippen molar-refractivity contribution in [2.75, 3.05) is 24.6 Å². The fourth-order valence-corrected chi connectivity index (χ4v) is 7.93. The van der Waals surface area contributed by atoms with Gasteiger partial charge in [0.2, 0.25) is 0 Å². The Morgan fingerprint density at radius 1 is 0.824 bits per heavy atom. The topological polar surface area (TPSA) is 0 Å². The van der Waals surface area contributed by atoms with Crippen LogP contribution in [0, 0.1) is 0 Å². The van der Waals surface area contributed by atoms with Crippen molar-refractivity contribution >= 4 is 24.2 Å². The Labute approximate surface area is 121 Å². The molecule has 2 heteroatoms. The number of allylic oxidation sites excluding steroid dienone is 1. The average molecular weight is 325 g/mol. The van der Waals surface area contributed by atoms with E-state index in [1.165, 1.54) is 44.7 Å². The molecule has 0 aliphatic heterocycles. The van der Waals surface area contributed by atoms with Gasteiger partial charge >= 0.3 is 104 Å². The first-order valence-electron chi connectivity index (χ1n) is 7.35. The van der Waals surface area contributed by atoms with E-state index in [2.05, 4.69) is 33.4 Å². The molecule has 0 fully saturated rings. The molecular formula is C15H34BrP. The summed E-state index contributed by atoms with van der Waals surface area (Å²) < 4.78 is 0. The molecule has 0 aliphatic carbocycles. The zero-order valence-corrected chi connectivity index (χ0v) is 15.0. The second-order valence-electron chi connectivity index (χ2n) is 5.30. The Bertz CT molecular complexity index is 147. The average Bonchev–Trinajstić information content (AvgIpc) is 2.31. The third kappa shape index (κ3) is 9.25. The number of hydrogen-bond acceptors (Lipinski definition) is 0. The van der Waals surface area contributed by atoms with Gasteiger partial charge in [0.15, 0.2) is 0 Å². The van der Waals surface area contributed by atoms with Crippen LogP contribution in [-0.2, 0) is 0 Å². The molecule has 0 atom stereocenters. The van der Waals surface area contributed by atoms with Gasteiger partial charge in [0.25, 0.3) is 0 Å². The molecular weight excluding hydrogens is 291 g/mol. The minimum absolute atomic E-state index is 0. The summed E-state index contributed by atoms with van der Waals surface area (Å²) in [5.74, 6) is 0. The van der Waals surface area contributed by atoms with Gasteiger partial charge in [-0.3, -0.25) is 0 Å². The number of rotatable bonds is 11. The third-order valence-electron chi connectivity index (χ3n) is 3.76. The number of hydrogen-bond donors (Lipinski definition) is 0. The Hall–Kier alpha value is 0.650. The molecule has 0 bridgehead atoms. The second kappa shape index (κ2) is 13.1. The van der Waals surface area contributed by atoms with Crippen molar-refractivity contribution in [2.24, 2.45) is 0 Å². The van der Waals surface area contributed by atoms with Crippen molar-refractivity contribution in [3.05, 3.63) is 12.7 Å². The van der Waals surface area contributed by atoms with Crippen molar-refractivity contribution in [2.45, 2.75) is 59.3 Å². The van der Waals surface area contributed by atoms with E-state index in [4.69, 9.17) is 0 Å². The minimum atomic E-state index is -0.976. The molecule has 0 heterocycles. The molecule has 0 aromatic rings. The summed E-state index contributed by atoms with van der Waals surface area (Å²) in [6.45, 7) is 11.0. The van der Waals surface area contributed by atoms with Gasteiger partial charge in [-0.25, -0.2) is 0 Å². The molecule has 17 heavy (non-hydrogen) atoms. The van der Waals surface area contributed by atoms with E-state index in [-0.39, 0.29) is 17.0 Å². The van der Waals surface area contributed by atoms with Crippen LogP contribution in [0.4, 0.5) is 0 Å². The predicted molar refractivity (Wildman–Crippen MR) is 93.0 cm³/mol. The zero-order valence-electron chi connectivity index (χ0n) is 12.3. The Balaban J connectivity index is 0. The summed E-state index contributed by atoms with van der Waals surface area (Å²) in [7, 11) is -0.976. The fourth-order valence-electron chi connectivity index (χ4n) is 2.64. The Kier molecular flexibility index (Phi) is 15.4. The first kappa shape index (κ1) is 20.0. The van der Waals surface area contributed by atoms with Crippen molar-refractivity contribution in [3.63, 3.8) is 0 Å². The van der Waals surface area contributed by atoms with Crippen LogP contribution in [0.2, 0.25) is 0 Å². The molecule has 0 radical (unpaired) electrons. The fraction of sp³-hybridized carbons (Fsp3) is 0.867. The van der Waals surface area contributed by atoms with Crippen LogP contribution in [0.1, 0.15) is 59.3 Å². The molecule has 0 spiro atoms. The van der Waals surface area contributed by atoms with E-state index in [1.807, 2.05) is 0 Å². The van der Waals surface area contributed by atoms with Gasteiger partial charge in [-0.1, -0.05) is 0 Å². The first-order valence-corrected chi connectivity index (χ1v) is 10.2. The van der Waals surface area contributed by atoms with E-state index >= 15 is 0 Å². The van der Waals surface area contributed by atoms with E-state index < -0.39 is 7.26 Å². The molecule has 0 N–H and O–H groups in total. The molecule has 0 amide bonds. The van der Waals surface area contributed by atoms with Crippen molar-refractivity contribution in [1.82, 2.24) is 0 Å². The standard InChI is InChI=1S/C15H33P.BrH/c1-5-9-13-16(12-8-4,14-10-6-2)15-11-7-3;/h8,16H,4-7,9-15H2,1-3H3;1H. The number of unbranched alkanes of at least 4 members (excludes halogenated alkanes) is 3. The molecule has 0 unspecified atom stereocenters.